The van der Waals surface area contributed by atoms with Gasteiger partial charge >= 0.3 is 0 Å². The van der Waals surface area contributed by atoms with Gasteiger partial charge in [0.05, 0.1) is 11.3 Å². The molecular formula is C22H23N3O. The first kappa shape index (κ1) is 17.7. The monoisotopic (exact) mass is 345 g/mol. The smallest absolute Gasteiger partial charge is 0.253 e. The van der Waals surface area contributed by atoms with Crippen molar-refractivity contribution >= 4 is 11.6 Å². The van der Waals surface area contributed by atoms with Gasteiger partial charge in [-0.3, -0.25) is 9.78 Å². The molecule has 4 nitrogen and oxygen atoms in total. The molecule has 0 aliphatic rings. The molecule has 0 saturated heterocycles. The SMILES string of the molecule is Cc1ccccc1CNC(=O)c1cncc(NCCc2ccccc2)c1. The largest absolute Gasteiger partial charge is 0.383 e. The minimum Gasteiger partial charge on any atom is -0.383 e. The van der Waals surface area contributed by atoms with Crippen molar-refractivity contribution in [1.29, 1.82) is 0 Å². The number of rotatable bonds is 7. The number of anilines is 1. The van der Waals surface area contributed by atoms with E-state index < -0.39 is 0 Å². The number of nitrogens with zero attached hydrogens (tertiary/aromatic N) is 1. The highest BCUT2D eigenvalue weighted by Crippen LogP contribution is 2.10. The van der Waals surface area contributed by atoms with Gasteiger partial charge in [0, 0.05) is 25.5 Å². The summed E-state index contributed by atoms with van der Waals surface area (Å²) in [5.74, 6) is -0.118. The molecule has 1 heterocycles. The van der Waals surface area contributed by atoms with Gasteiger partial charge in [-0.25, -0.2) is 0 Å². The fraction of sp³-hybridized carbons (Fsp3) is 0.182. The molecule has 3 rings (SSSR count). The maximum atomic E-state index is 12.4. The van der Waals surface area contributed by atoms with Gasteiger partial charge in [-0.15, -0.1) is 0 Å². The number of amides is 1. The summed E-state index contributed by atoms with van der Waals surface area (Å²) in [7, 11) is 0. The van der Waals surface area contributed by atoms with Crippen molar-refractivity contribution < 1.29 is 4.79 Å². The number of aryl methyl sites for hydroxylation is 1. The van der Waals surface area contributed by atoms with Gasteiger partial charge in [0.1, 0.15) is 0 Å². The lowest BCUT2D eigenvalue weighted by atomic mass is 10.1. The number of aromatic nitrogens is 1. The number of hydrogen-bond acceptors (Lipinski definition) is 3. The first-order valence-corrected chi connectivity index (χ1v) is 8.78. The fourth-order valence-corrected chi connectivity index (χ4v) is 2.74. The standard InChI is InChI=1S/C22H23N3O/c1-17-7-5-6-10-19(17)15-25-22(26)20-13-21(16-23-14-20)24-12-11-18-8-3-2-4-9-18/h2-10,13-14,16,24H,11-12,15H2,1H3,(H,25,26). The van der Waals surface area contributed by atoms with E-state index in [4.69, 9.17) is 0 Å². The number of pyridine rings is 1. The maximum absolute atomic E-state index is 12.4. The van der Waals surface area contributed by atoms with Gasteiger partial charge < -0.3 is 10.6 Å². The van der Waals surface area contributed by atoms with Crippen LogP contribution in [-0.4, -0.2) is 17.4 Å². The van der Waals surface area contributed by atoms with E-state index in [-0.39, 0.29) is 5.91 Å². The second-order valence-electron chi connectivity index (χ2n) is 6.23. The Balaban J connectivity index is 1.54. The van der Waals surface area contributed by atoms with E-state index in [1.54, 1.807) is 12.4 Å². The molecule has 4 heteroatoms. The first-order chi connectivity index (χ1) is 12.7. The summed E-state index contributed by atoms with van der Waals surface area (Å²) in [5.41, 5.74) is 4.97. The van der Waals surface area contributed by atoms with E-state index in [9.17, 15) is 4.79 Å². The van der Waals surface area contributed by atoms with Crippen LogP contribution >= 0.6 is 0 Å². The summed E-state index contributed by atoms with van der Waals surface area (Å²) in [6, 6.07) is 20.2. The van der Waals surface area contributed by atoms with Crippen LogP contribution in [-0.2, 0) is 13.0 Å². The van der Waals surface area contributed by atoms with E-state index in [0.29, 0.717) is 12.1 Å². The van der Waals surface area contributed by atoms with Crippen LogP contribution in [0.15, 0.2) is 73.1 Å². The van der Waals surface area contributed by atoms with Crippen LogP contribution in [0.25, 0.3) is 0 Å². The molecule has 0 radical (unpaired) electrons. The Kier molecular flexibility index (Phi) is 5.99. The molecule has 0 atom stereocenters. The predicted octanol–water partition coefficient (Wildman–Crippen LogP) is 3.97. The number of nitrogens with one attached hydrogen (secondary N) is 2. The Morgan fingerprint density at radius 1 is 1.00 bits per heavy atom. The molecule has 0 saturated carbocycles. The molecule has 132 valence electrons. The van der Waals surface area contributed by atoms with Gasteiger partial charge in [-0.05, 0) is 36.1 Å². The summed E-state index contributed by atoms with van der Waals surface area (Å²) >= 11 is 0. The molecule has 0 fully saturated rings. The zero-order valence-corrected chi connectivity index (χ0v) is 14.9. The molecule has 0 aliphatic heterocycles. The van der Waals surface area contributed by atoms with Crippen molar-refractivity contribution in [2.75, 3.05) is 11.9 Å². The lowest BCUT2D eigenvalue weighted by molar-refractivity contribution is 0.0950. The van der Waals surface area contributed by atoms with Gasteiger partial charge in [0.25, 0.3) is 5.91 Å². The predicted molar refractivity (Wildman–Crippen MR) is 105 cm³/mol. The Hall–Kier alpha value is -3.14. The number of carbonyl (C=O) groups excluding carboxylic acids is 1. The summed E-state index contributed by atoms with van der Waals surface area (Å²) in [4.78, 5) is 16.6. The topological polar surface area (TPSA) is 54.0 Å². The van der Waals surface area contributed by atoms with Crippen molar-refractivity contribution in [3.8, 4) is 0 Å². The van der Waals surface area contributed by atoms with Crippen molar-refractivity contribution in [2.45, 2.75) is 19.9 Å². The highest BCUT2D eigenvalue weighted by Gasteiger charge is 2.07. The average Bonchev–Trinajstić information content (AvgIpc) is 2.68. The van der Waals surface area contributed by atoms with Crippen molar-refractivity contribution in [2.24, 2.45) is 0 Å². The highest BCUT2D eigenvalue weighted by atomic mass is 16.1. The van der Waals surface area contributed by atoms with Crippen LogP contribution < -0.4 is 10.6 Å². The fourth-order valence-electron chi connectivity index (χ4n) is 2.74. The van der Waals surface area contributed by atoms with Crippen LogP contribution in [0.3, 0.4) is 0 Å². The van der Waals surface area contributed by atoms with Crippen LogP contribution in [0, 0.1) is 6.92 Å². The second-order valence-corrected chi connectivity index (χ2v) is 6.23. The molecule has 26 heavy (non-hydrogen) atoms. The van der Waals surface area contributed by atoms with E-state index in [1.807, 2.05) is 55.5 Å². The zero-order valence-electron chi connectivity index (χ0n) is 14.9. The molecule has 2 N–H and O–H groups in total. The third kappa shape index (κ3) is 4.93. The zero-order chi connectivity index (χ0) is 18.2. The van der Waals surface area contributed by atoms with Gasteiger partial charge in [-0.1, -0.05) is 54.6 Å². The van der Waals surface area contributed by atoms with Crippen molar-refractivity contribution in [3.63, 3.8) is 0 Å². The van der Waals surface area contributed by atoms with Crippen LogP contribution in [0.2, 0.25) is 0 Å². The van der Waals surface area contributed by atoms with Gasteiger partial charge in [-0.2, -0.15) is 0 Å². The average molecular weight is 345 g/mol. The number of carbonyl (C=O) groups is 1. The lowest BCUT2D eigenvalue weighted by Crippen LogP contribution is -2.23. The minimum absolute atomic E-state index is 0.118. The molecule has 1 aromatic heterocycles. The molecule has 0 aliphatic carbocycles. The Morgan fingerprint density at radius 2 is 1.77 bits per heavy atom. The minimum atomic E-state index is -0.118. The summed E-state index contributed by atoms with van der Waals surface area (Å²) in [6.45, 7) is 3.34. The molecule has 1 amide bonds. The molecule has 0 bridgehead atoms. The Morgan fingerprint density at radius 3 is 2.58 bits per heavy atom. The molecule has 0 spiro atoms. The summed E-state index contributed by atoms with van der Waals surface area (Å²) in [6.07, 6.45) is 4.25. The normalized spacial score (nSPS) is 10.3. The molecular weight excluding hydrogens is 322 g/mol. The van der Waals surface area contributed by atoms with E-state index in [0.717, 1.165) is 24.2 Å². The van der Waals surface area contributed by atoms with E-state index in [2.05, 4.69) is 27.8 Å². The van der Waals surface area contributed by atoms with E-state index >= 15 is 0 Å². The Labute approximate surface area is 154 Å². The molecule has 2 aromatic carbocycles. The summed E-state index contributed by atoms with van der Waals surface area (Å²) in [5, 5.41) is 6.29. The van der Waals surface area contributed by atoms with Crippen molar-refractivity contribution in [1.82, 2.24) is 10.3 Å². The van der Waals surface area contributed by atoms with Crippen LogP contribution in [0.4, 0.5) is 5.69 Å². The lowest BCUT2D eigenvalue weighted by Gasteiger charge is -2.10. The first-order valence-electron chi connectivity index (χ1n) is 8.78. The Bertz CT molecular complexity index is 862. The molecule has 3 aromatic rings. The van der Waals surface area contributed by atoms with Crippen LogP contribution in [0.5, 0.6) is 0 Å². The number of benzene rings is 2. The van der Waals surface area contributed by atoms with Gasteiger partial charge in [0.2, 0.25) is 0 Å². The third-order valence-electron chi connectivity index (χ3n) is 4.29. The molecule has 0 unspecified atom stereocenters. The quantitative estimate of drug-likeness (QED) is 0.681. The van der Waals surface area contributed by atoms with Gasteiger partial charge in [0.15, 0.2) is 0 Å². The third-order valence-corrected chi connectivity index (χ3v) is 4.29. The van der Waals surface area contributed by atoms with E-state index in [1.165, 1.54) is 11.1 Å². The second kappa shape index (κ2) is 8.81. The number of hydrogen-bond donors (Lipinski definition) is 2. The van der Waals surface area contributed by atoms with Crippen LogP contribution in [0.1, 0.15) is 27.0 Å². The summed E-state index contributed by atoms with van der Waals surface area (Å²) < 4.78 is 0. The highest BCUT2D eigenvalue weighted by molar-refractivity contribution is 5.94. The maximum Gasteiger partial charge on any atom is 0.253 e. The van der Waals surface area contributed by atoms with Crippen molar-refractivity contribution in [3.05, 3.63) is 95.3 Å².